The van der Waals surface area contributed by atoms with Crippen LogP contribution in [0.2, 0.25) is 0 Å². The minimum atomic E-state index is -0.563. The third-order valence-electron chi connectivity index (χ3n) is 5.13. The van der Waals surface area contributed by atoms with E-state index in [0.29, 0.717) is 6.54 Å². The van der Waals surface area contributed by atoms with Crippen LogP contribution in [0.4, 0.5) is 0 Å². The number of ketones is 1. The van der Waals surface area contributed by atoms with Gasteiger partial charge in [0.2, 0.25) is 11.8 Å². The lowest BCUT2D eigenvalue weighted by Gasteiger charge is -2.34. The maximum atomic E-state index is 13.7. The molecular weight excluding hydrogens is 378 g/mol. The molecule has 30 heavy (non-hydrogen) atoms. The van der Waals surface area contributed by atoms with Gasteiger partial charge in [-0.3, -0.25) is 19.4 Å². The lowest BCUT2D eigenvalue weighted by atomic mass is 9.78. The van der Waals surface area contributed by atoms with Crippen molar-refractivity contribution < 1.29 is 14.4 Å². The molecule has 0 spiro atoms. The fraction of sp³-hybridized carbons (Fsp3) is 0.417. The summed E-state index contributed by atoms with van der Waals surface area (Å²) >= 11 is 0. The second kappa shape index (κ2) is 11.2. The maximum absolute atomic E-state index is 13.7. The summed E-state index contributed by atoms with van der Waals surface area (Å²) in [5.41, 5.74) is 1.67. The van der Waals surface area contributed by atoms with Crippen LogP contribution in [0.5, 0.6) is 0 Å². The third-order valence-corrected chi connectivity index (χ3v) is 5.13. The van der Waals surface area contributed by atoms with E-state index < -0.39 is 5.92 Å². The molecule has 1 heterocycles. The zero-order chi connectivity index (χ0) is 22.1. The van der Waals surface area contributed by atoms with Gasteiger partial charge in [0.15, 0.2) is 0 Å². The van der Waals surface area contributed by atoms with Crippen molar-refractivity contribution in [2.75, 3.05) is 13.1 Å². The number of rotatable bonds is 10. The first-order chi connectivity index (χ1) is 14.3. The van der Waals surface area contributed by atoms with Gasteiger partial charge >= 0.3 is 0 Å². The van der Waals surface area contributed by atoms with Gasteiger partial charge in [-0.2, -0.15) is 0 Å². The SMILES string of the molecule is CCN(C(=O)C(c1cccnc1)C(CC(=O)NCC(C)=O)c1ccccc1)C(C)C. The summed E-state index contributed by atoms with van der Waals surface area (Å²) in [5, 5.41) is 2.66. The quantitative estimate of drug-likeness (QED) is 0.653. The van der Waals surface area contributed by atoms with E-state index in [9.17, 15) is 14.4 Å². The number of Topliss-reactive ketones (excluding diaryl/α,β-unsaturated/α-hetero) is 1. The average molecular weight is 410 g/mol. The number of benzene rings is 1. The highest BCUT2D eigenvalue weighted by Gasteiger charge is 2.36. The molecule has 2 amide bonds. The summed E-state index contributed by atoms with van der Waals surface area (Å²) in [5.74, 6) is -1.35. The van der Waals surface area contributed by atoms with Crippen molar-refractivity contribution in [3.05, 3.63) is 66.0 Å². The summed E-state index contributed by atoms with van der Waals surface area (Å²) in [6, 6.07) is 13.3. The zero-order valence-electron chi connectivity index (χ0n) is 18.2. The molecule has 2 aromatic rings. The van der Waals surface area contributed by atoms with Crippen molar-refractivity contribution in [3.8, 4) is 0 Å². The zero-order valence-corrected chi connectivity index (χ0v) is 18.2. The van der Waals surface area contributed by atoms with Crippen LogP contribution in [0.1, 0.15) is 57.1 Å². The number of carbonyl (C=O) groups is 3. The molecule has 0 saturated carbocycles. The standard InChI is InChI=1S/C24H31N3O3/c1-5-27(17(2)3)24(30)23(20-12-9-13-25-16-20)21(19-10-7-6-8-11-19)14-22(29)26-15-18(4)28/h6-13,16-17,21,23H,5,14-15H2,1-4H3,(H,26,29). The molecule has 6 heteroatoms. The van der Waals surface area contributed by atoms with Crippen LogP contribution in [0.15, 0.2) is 54.9 Å². The second-order valence-corrected chi connectivity index (χ2v) is 7.68. The summed E-state index contributed by atoms with van der Waals surface area (Å²) in [6.07, 6.45) is 3.46. The Labute approximate surface area is 178 Å². The third kappa shape index (κ3) is 6.24. The van der Waals surface area contributed by atoms with E-state index >= 15 is 0 Å². The van der Waals surface area contributed by atoms with Crippen molar-refractivity contribution in [2.45, 2.75) is 52.0 Å². The number of pyridine rings is 1. The number of hydrogen-bond donors (Lipinski definition) is 1. The first kappa shape index (κ1) is 23.3. The summed E-state index contributed by atoms with van der Waals surface area (Å²) in [4.78, 5) is 43.7. The van der Waals surface area contributed by atoms with Gasteiger partial charge in [0.25, 0.3) is 0 Å². The first-order valence-corrected chi connectivity index (χ1v) is 10.4. The first-order valence-electron chi connectivity index (χ1n) is 10.4. The van der Waals surface area contributed by atoms with Crippen molar-refractivity contribution in [1.29, 1.82) is 0 Å². The Morgan fingerprint density at radius 1 is 1.03 bits per heavy atom. The highest BCUT2D eigenvalue weighted by Crippen LogP contribution is 2.37. The van der Waals surface area contributed by atoms with Gasteiger partial charge in [-0.1, -0.05) is 36.4 Å². The maximum Gasteiger partial charge on any atom is 0.231 e. The Morgan fingerprint density at radius 3 is 2.23 bits per heavy atom. The fourth-order valence-electron chi connectivity index (χ4n) is 3.68. The fourth-order valence-corrected chi connectivity index (χ4v) is 3.68. The molecule has 0 bridgehead atoms. The van der Waals surface area contributed by atoms with Crippen LogP contribution in [0.25, 0.3) is 0 Å². The number of hydrogen-bond acceptors (Lipinski definition) is 4. The van der Waals surface area contributed by atoms with Gasteiger partial charge in [0, 0.05) is 37.3 Å². The average Bonchev–Trinajstić information content (AvgIpc) is 2.73. The molecule has 1 N–H and O–H groups in total. The van der Waals surface area contributed by atoms with Crippen molar-refractivity contribution in [2.24, 2.45) is 0 Å². The van der Waals surface area contributed by atoms with Crippen LogP contribution in [0.3, 0.4) is 0 Å². The second-order valence-electron chi connectivity index (χ2n) is 7.68. The molecule has 0 saturated heterocycles. The monoisotopic (exact) mass is 409 g/mol. The van der Waals surface area contributed by atoms with E-state index in [1.165, 1.54) is 6.92 Å². The Morgan fingerprint density at radius 2 is 1.70 bits per heavy atom. The predicted octanol–water partition coefficient (Wildman–Crippen LogP) is 3.30. The minimum absolute atomic E-state index is 0.0150. The smallest absolute Gasteiger partial charge is 0.231 e. The number of likely N-dealkylation sites (N-methyl/N-ethyl adjacent to an activating group) is 1. The molecule has 0 fully saturated rings. The Balaban J connectivity index is 2.50. The molecule has 0 aliphatic heterocycles. The van der Waals surface area contributed by atoms with E-state index in [1.807, 2.05) is 62.1 Å². The van der Waals surface area contributed by atoms with E-state index in [2.05, 4.69) is 10.3 Å². The largest absolute Gasteiger partial charge is 0.349 e. The van der Waals surface area contributed by atoms with Crippen LogP contribution >= 0.6 is 0 Å². The molecule has 0 radical (unpaired) electrons. The van der Waals surface area contributed by atoms with Gasteiger partial charge in [0.1, 0.15) is 5.78 Å². The van der Waals surface area contributed by atoms with Crippen LogP contribution in [-0.4, -0.2) is 46.6 Å². The van der Waals surface area contributed by atoms with Crippen LogP contribution in [-0.2, 0) is 14.4 Å². The van der Waals surface area contributed by atoms with Crippen molar-refractivity contribution in [3.63, 3.8) is 0 Å². The summed E-state index contributed by atoms with van der Waals surface area (Å²) in [6.45, 7) is 7.91. The molecule has 2 unspecified atom stereocenters. The number of nitrogens with zero attached hydrogens (tertiary/aromatic N) is 2. The lowest BCUT2D eigenvalue weighted by molar-refractivity contribution is -0.135. The molecule has 1 aromatic carbocycles. The number of nitrogens with one attached hydrogen (secondary N) is 1. The number of amides is 2. The van der Waals surface area contributed by atoms with Gasteiger partial charge in [-0.15, -0.1) is 0 Å². The van der Waals surface area contributed by atoms with Crippen LogP contribution in [0, 0.1) is 0 Å². The van der Waals surface area contributed by atoms with Gasteiger partial charge in [-0.25, -0.2) is 0 Å². The van der Waals surface area contributed by atoms with Crippen molar-refractivity contribution >= 4 is 17.6 Å². The molecule has 2 atom stereocenters. The molecule has 160 valence electrons. The molecule has 0 aliphatic rings. The predicted molar refractivity (Wildman–Crippen MR) is 117 cm³/mol. The Kier molecular flexibility index (Phi) is 8.71. The van der Waals surface area contributed by atoms with E-state index in [1.54, 1.807) is 18.5 Å². The van der Waals surface area contributed by atoms with Gasteiger partial charge in [-0.05, 0) is 44.9 Å². The van der Waals surface area contributed by atoms with E-state index in [4.69, 9.17) is 0 Å². The number of carbonyl (C=O) groups excluding carboxylic acids is 3. The summed E-state index contributed by atoms with van der Waals surface area (Å²) < 4.78 is 0. The van der Waals surface area contributed by atoms with E-state index in [-0.39, 0.29) is 42.5 Å². The van der Waals surface area contributed by atoms with Crippen molar-refractivity contribution in [1.82, 2.24) is 15.2 Å². The highest BCUT2D eigenvalue weighted by atomic mass is 16.2. The Hall–Kier alpha value is -3.02. The highest BCUT2D eigenvalue weighted by molar-refractivity contribution is 5.88. The molecular formula is C24H31N3O3. The molecule has 0 aliphatic carbocycles. The Bertz CT molecular complexity index is 837. The molecule has 1 aromatic heterocycles. The summed E-state index contributed by atoms with van der Waals surface area (Å²) in [7, 11) is 0. The van der Waals surface area contributed by atoms with Gasteiger partial charge in [0.05, 0.1) is 12.5 Å². The minimum Gasteiger partial charge on any atom is -0.349 e. The lowest BCUT2D eigenvalue weighted by Crippen LogP contribution is -2.42. The molecule has 2 rings (SSSR count). The number of aromatic nitrogens is 1. The molecule has 6 nitrogen and oxygen atoms in total. The van der Waals surface area contributed by atoms with Crippen LogP contribution < -0.4 is 5.32 Å². The normalized spacial score (nSPS) is 12.8. The van der Waals surface area contributed by atoms with E-state index in [0.717, 1.165) is 11.1 Å². The van der Waals surface area contributed by atoms with Gasteiger partial charge < -0.3 is 10.2 Å². The topological polar surface area (TPSA) is 79.4 Å².